The molecular weight excluding hydrogens is 250 g/mol. The van der Waals surface area contributed by atoms with E-state index in [-0.39, 0.29) is 5.75 Å². The fourth-order valence-corrected chi connectivity index (χ4v) is 3.09. The van der Waals surface area contributed by atoms with Crippen molar-refractivity contribution in [3.63, 3.8) is 0 Å². The third-order valence-corrected chi connectivity index (χ3v) is 4.02. The summed E-state index contributed by atoms with van der Waals surface area (Å²) in [6, 6.07) is 3.48. The molecule has 0 spiro atoms. The van der Waals surface area contributed by atoms with Gasteiger partial charge in [0.1, 0.15) is 5.75 Å². The van der Waals surface area contributed by atoms with Gasteiger partial charge in [0.05, 0.1) is 5.69 Å². The van der Waals surface area contributed by atoms with Crippen molar-refractivity contribution in [2.45, 2.75) is 44.9 Å². The lowest BCUT2D eigenvalue weighted by Crippen LogP contribution is -2.08. The van der Waals surface area contributed by atoms with Crippen molar-refractivity contribution in [3.8, 4) is 5.75 Å². The Morgan fingerprint density at radius 2 is 1.94 bits per heavy atom. The molecule has 1 aliphatic carbocycles. The third kappa shape index (κ3) is 3.03. The largest absolute Gasteiger partial charge is 0.506 e. The van der Waals surface area contributed by atoms with Gasteiger partial charge in [-0.2, -0.15) is 0 Å². The smallest absolute Gasteiger partial charge is 0.259 e. The number of rotatable bonds is 3. The van der Waals surface area contributed by atoms with E-state index in [0.29, 0.717) is 11.6 Å². The molecule has 1 saturated carbocycles. The van der Waals surface area contributed by atoms with Gasteiger partial charge in [0.15, 0.2) is 0 Å². The van der Waals surface area contributed by atoms with Gasteiger partial charge in [0.25, 0.3) is 11.3 Å². The van der Waals surface area contributed by atoms with Crippen molar-refractivity contribution in [2.75, 3.05) is 4.72 Å². The van der Waals surface area contributed by atoms with Crippen molar-refractivity contribution in [1.29, 1.82) is 0 Å². The molecule has 0 saturated heterocycles. The zero-order valence-corrected chi connectivity index (χ0v) is 11.3. The van der Waals surface area contributed by atoms with E-state index >= 15 is 0 Å². The van der Waals surface area contributed by atoms with Crippen molar-refractivity contribution in [3.05, 3.63) is 23.3 Å². The van der Waals surface area contributed by atoms with Crippen molar-refractivity contribution < 1.29 is 13.9 Å². The Balaban J connectivity index is 2.30. The van der Waals surface area contributed by atoms with Gasteiger partial charge in [-0.05, 0) is 48.9 Å². The predicted octanol–water partition coefficient (Wildman–Crippen LogP) is 3.30. The molecule has 1 atom stereocenters. The Hall–Kier alpha value is -1.07. The van der Waals surface area contributed by atoms with Crippen LogP contribution in [0.4, 0.5) is 5.69 Å². The standard InChI is InChI=1S/C13H19NO3S/c1-9-7-13(15)12(14-18(16)17)8-11(9)10-5-3-2-4-6-10/h7-8,10,14-15H,2-6H2,1H3,(H,16,17). The normalized spacial score (nSPS) is 18.6. The Morgan fingerprint density at radius 3 is 2.56 bits per heavy atom. The number of phenols is 1. The van der Waals surface area contributed by atoms with Crippen LogP contribution in [0.25, 0.3) is 0 Å². The summed E-state index contributed by atoms with van der Waals surface area (Å²) < 4.78 is 22.0. The highest BCUT2D eigenvalue weighted by Gasteiger charge is 2.19. The maximum Gasteiger partial charge on any atom is 0.259 e. The van der Waals surface area contributed by atoms with Crippen molar-refractivity contribution >= 4 is 17.0 Å². The summed E-state index contributed by atoms with van der Waals surface area (Å²) in [7, 11) is 0. The summed E-state index contributed by atoms with van der Waals surface area (Å²) in [6.07, 6.45) is 6.08. The minimum absolute atomic E-state index is 0.0226. The number of hydrogen-bond acceptors (Lipinski definition) is 2. The zero-order chi connectivity index (χ0) is 13.1. The monoisotopic (exact) mass is 269 g/mol. The van der Waals surface area contributed by atoms with Gasteiger partial charge in [-0.25, -0.2) is 4.21 Å². The number of benzene rings is 1. The average Bonchev–Trinajstić information content (AvgIpc) is 2.33. The van der Waals surface area contributed by atoms with E-state index in [1.165, 1.54) is 24.8 Å². The molecule has 18 heavy (non-hydrogen) atoms. The topological polar surface area (TPSA) is 69.6 Å². The molecule has 4 nitrogen and oxygen atoms in total. The van der Waals surface area contributed by atoms with E-state index in [4.69, 9.17) is 4.55 Å². The van der Waals surface area contributed by atoms with E-state index in [2.05, 4.69) is 4.72 Å². The van der Waals surface area contributed by atoms with Crippen LogP contribution < -0.4 is 4.72 Å². The molecule has 1 aliphatic rings. The highest BCUT2D eigenvalue weighted by molar-refractivity contribution is 7.80. The van der Waals surface area contributed by atoms with Gasteiger partial charge in [0, 0.05) is 0 Å². The van der Waals surface area contributed by atoms with Crippen LogP contribution in [0.1, 0.15) is 49.1 Å². The highest BCUT2D eigenvalue weighted by atomic mass is 32.2. The Morgan fingerprint density at radius 1 is 1.28 bits per heavy atom. The lowest BCUT2D eigenvalue weighted by atomic mass is 9.82. The second kappa shape index (κ2) is 5.71. The van der Waals surface area contributed by atoms with Crippen LogP contribution in [0, 0.1) is 6.92 Å². The first-order valence-corrected chi connectivity index (χ1v) is 7.39. The minimum atomic E-state index is -2.16. The summed E-state index contributed by atoms with van der Waals surface area (Å²) in [6.45, 7) is 1.98. The molecule has 1 aromatic rings. The van der Waals surface area contributed by atoms with E-state index < -0.39 is 11.3 Å². The summed E-state index contributed by atoms with van der Waals surface area (Å²) >= 11 is -2.16. The highest BCUT2D eigenvalue weighted by Crippen LogP contribution is 2.38. The first-order valence-electron chi connectivity index (χ1n) is 6.29. The number of anilines is 1. The van der Waals surface area contributed by atoms with Gasteiger partial charge >= 0.3 is 0 Å². The Bertz CT molecular complexity index is 456. The minimum Gasteiger partial charge on any atom is -0.506 e. The number of aromatic hydroxyl groups is 1. The first kappa shape index (κ1) is 13.4. The third-order valence-electron chi connectivity index (χ3n) is 3.63. The van der Waals surface area contributed by atoms with Crippen molar-refractivity contribution in [2.24, 2.45) is 0 Å². The predicted molar refractivity (Wildman–Crippen MR) is 73.1 cm³/mol. The summed E-state index contributed by atoms with van der Waals surface area (Å²) in [5, 5.41) is 9.75. The second-order valence-corrected chi connectivity index (χ2v) is 5.61. The van der Waals surface area contributed by atoms with Gasteiger partial charge in [-0.15, -0.1) is 0 Å². The molecule has 0 radical (unpaired) electrons. The molecule has 2 rings (SSSR count). The second-order valence-electron chi connectivity index (χ2n) is 4.91. The lowest BCUT2D eigenvalue weighted by molar-refractivity contribution is 0.440. The molecule has 0 amide bonds. The van der Waals surface area contributed by atoms with E-state index in [0.717, 1.165) is 18.4 Å². The van der Waals surface area contributed by atoms with E-state index in [9.17, 15) is 9.32 Å². The van der Waals surface area contributed by atoms with Gasteiger partial charge in [-0.1, -0.05) is 19.3 Å². The molecule has 1 fully saturated rings. The zero-order valence-electron chi connectivity index (χ0n) is 10.5. The number of phenolic OH excluding ortho intramolecular Hbond substituents is 1. The lowest BCUT2D eigenvalue weighted by Gasteiger charge is -2.24. The molecule has 5 heteroatoms. The maximum atomic E-state index is 10.8. The summed E-state index contributed by atoms with van der Waals surface area (Å²) in [5.74, 6) is 0.529. The number of aryl methyl sites for hydroxylation is 1. The van der Waals surface area contributed by atoms with Gasteiger partial charge < -0.3 is 5.11 Å². The SMILES string of the molecule is Cc1cc(O)c(NS(=O)O)cc1C1CCCCC1. The van der Waals surface area contributed by atoms with Crippen LogP contribution in [0.5, 0.6) is 5.75 Å². The van der Waals surface area contributed by atoms with Crippen LogP contribution in [0.2, 0.25) is 0 Å². The molecule has 0 aromatic heterocycles. The summed E-state index contributed by atoms with van der Waals surface area (Å²) in [5.41, 5.74) is 2.57. The molecule has 0 bridgehead atoms. The molecule has 0 aliphatic heterocycles. The van der Waals surface area contributed by atoms with Crippen LogP contribution in [-0.2, 0) is 11.3 Å². The Labute approximate surface area is 110 Å². The molecule has 100 valence electrons. The molecule has 1 unspecified atom stereocenters. The fraction of sp³-hybridized carbons (Fsp3) is 0.538. The molecule has 1 aromatic carbocycles. The number of nitrogens with one attached hydrogen (secondary N) is 1. The van der Waals surface area contributed by atoms with Crippen molar-refractivity contribution in [1.82, 2.24) is 0 Å². The van der Waals surface area contributed by atoms with Crippen LogP contribution >= 0.6 is 0 Å². The first-order chi connectivity index (χ1) is 8.58. The quantitative estimate of drug-likeness (QED) is 0.582. The molecular formula is C13H19NO3S. The van der Waals surface area contributed by atoms with E-state index in [1.807, 2.05) is 13.0 Å². The molecule has 3 N–H and O–H groups in total. The van der Waals surface area contributed by atoms with Crippen LogP contribution in [-0.4, -0.2) is 13.9 Å². The average molecular weight is 269 g/mol. The van der Waals surface area contributed by atoms with Crippen LogP contribution in [0.3, 0.4) is 0 Å². The van der Waals surface area contributed by atoms with Gasteiger partial charge in [0.2, 0.25) is 0 Å². The van der Waals surface area contributed by atoms with Crippen LogP contribution in [0.15, 0.2) is 12.1 Å². The maximum absolute atomic E-state index is 10.8. The van der Waals surface area contributed by atoms with Gasteiger partial charge in [-0.3, -0.25) is 9.27 Å². The van der Waals surface area contributed by atoms with E-state index in [1.54, 1.807) is 6.07 Å². The molecule has 0 heterocycles. The number of hydrogen-bond donors (Lipinski definition) is 3. The Kier molecular flexibility index (Phi) is 4.24. The summed E-state index contributed by atoms with van der Waals surface area (Å²) in [4.78, 5) is 0. The fourth-order valence-electron chi connectivity index (χ4n) is 2.74.